The first kappa shape index (κ1) is 23.2. The first-order chi connectivity index (χ1) is 16.4. The van der Waals surface area contributed by atoms with Crippen LogP contribution in [0.15, 0.2) is 70.9 Å². The normalized spacial score (nSPS) is 17.4. The van der Waals surface area contributed by atoms with Crippen LogP contribution in [-0.2, 0) is 9.59 Å². The number of methoxy groups -OCH3 is 1. The van der Waals surface area contributed by atoms with Crippen molar-refractivity contribution in [2.24, 2.45) is 0 Å². The van der Waals surface area contributed by atoms with Gasteiger partial charge in [0, 0.05) is 11.3 Å². The number of anilines is 1. The molecule has 1 saturated heterocycles. The number of hydrogen-bond acceptors (Lipinski definition) is 6. The fraction of sp³-hybridized carbons (Fsp3) is 0.259. The van der Waals surface area contributed by atoms with E-state index >= 15 is 0 Å². The van der Waals surface area contributed by atoms with Crippen LogP contribution in [-0.4, -0.2) is 30.5 Å². The number of ether oxygens (including phenoxy) is 2. The fourth-order valence-electron chi connectivity index (χ4n) is 4.17. The Labute approximate surface area is 198 Å². The largest absolute Gasteiger partial charge is 0.507 e. The number of benzene rings is 2. The Morgan fingerprint density at radius 3 is 2.44 bits per heavy atom. The van der Waals surface area contributed by atoms with Crippen molar-refractivity contribution in [1.82, 2.24) is 0 Å². The van der Waals surface area contributed by atoms with Gasteiger partial charge in [0.05, 0.1) is 25.6 Å². The minimum absolute atomic E-state index is 0.0336. The third-order valence-corrected chi connectivity index (χ3v) is 5.81. The number of amides is 1. The zero-order chi connectivity index (χ0) is 24.4. The number of rotatable bonds is 7. The minimum atomic E-state index is -0.919. The molecular formula is C27H27NO6. The van der Waals surface area contributed by atoms with Gasteiger partial charge in [0.2, 0.25) is 0 Å². The third-order valence-electron chi connectivity index (χ3n) is 5.81. The van der Waals surface area contributed by atoms with Gasteiger partial charge in [-0.25, -0.2) is 0 Å². The second-order valence-electron chi connectivity index (χ2n) is 8.22. The van der Waals surface area contributed by atoms with Gasteiger partial charge in [-0.2, -0.15) is 0 Å². The molecule has 1 atom stereocenters. The number of Topliss-reactive ketones (excluding diaryl/α,β-unsaturated/α-hetero) is 1. The van der Waals surface area contributed by atoms with Crippen molar-refractivity contribution in [3.05, 3.63) is 83.3 Å². The Bertz CT molecular complexity index is 1220. The van der Waals surface area contributed by atoms with Gasteiger partial charge >= 0.3 is 0 Å². The molecule has 3 aromatic rings. The highest BCUT2D eigenvalue weighted by molar-refractivity contribution is 6.51. The van der Waals surface area contributed by atoms with Crippen LogP contribution in [0.3, 0.4) is 0 Å². The molecule has 1 N–H and O–H groups in total. The number of ketones is 1. The zero-order valence-corrected chi connectivity index (χ0v) is 19.6. The van der Waals surface area contributed by atoms with E-state index in [1.165, 1.54) is 11.2 Å². The molecule has 176 valence electrons. The molecule has 7 nitrogen and oxygen atoms in total. The van der Waals surface area contributed by atoms with Crippen LogP contribution in [0.1, 0.15) is 49.6 Å². The SMILES string of the molecule is CCOc1ccc(N2C(=O)C(=O)/C(=C(\O)c3ccc(OC)c(C(C)C)c3)C2c2ccco2)cc1. The number of hydrogen-bond donors (Lipinski definition) is 1. The minimum Gasteiger partial charge on any atom is -0.507 e. The van der Waals surface area contributed by atoms with Crippen molar-refractivity contribution in [2.45, 2.75) is 32.7 Å². The number of aliphatic hydroxyl groups is 1. The van der Waals surface area contributed by atoms with Gasteiger partial charge in [-0.3, -0.25) is 14.5 Å². The lowest BCUT2D eigenvalue weighted by Crippen LogP contribution is -2.29. The van der Waals surface area contributed by atoms with Gasteiger partial charge in [-0.1, -0.05) is 13.8 Å². The molecule has 4 rings (SSSR count). The van der Waals surface area contributed by atoms with Crippen LogP contribution >= 0.6 is 0 Å². The van der Waals surface area contributed by atoms with E-state index in [0.717, 1.165) is 5.56 Å². The summed E-state index contributed by atoms with van der Waals surface area (Å²) in [5, 5.41) is 11.3. The average Bonchev–Trinajstić information content (AvgIpc) is 3.46. The second-order valence-corrected chi connectivity index (χ2v) is 8.22. The van der Waals surface area contributed by atoms with E-state index in [0.29, 0.717) is 35.1 Å². The standard InChI is InChI=1S/C27H27NO6/c1-5-33-19-11-9-18(10-12-19)28-24(22-7-6-14-34-22)23(26(30)27(28)31)25(29)17-8-13-21(32-4)20(15-17)16(2)3/h6-16,24,29H,5H2,1-4H3/b25-23-. The van der Waals surface area contributed by atoms with E-state index in [4.69, 9.17) is 13.9 Å². The van der Waals surface area contributed by atoms with Crippen molar-refractivity contribution >= 4 is 23.1 Å². The molecule has 0 radical (unpaired) electrons. The predicted octanol–water partition coefficient (Wildman–Crippen LogP) is 5.44. The smallest absolute Gasteiger partial charge is 0.300 e. The summed E-state index contributed by atoms with van der Waals surface area (Å²) < 4.78 is 16.5. The molecule has 1 aromatic heterocycles. The third kappa shape index (κ3) is 4.05. The fourth-order valence-corrected chi connectivity index (χ4v) is 4.17. The lowest BCUT2D eigenvalue weighted by Gasteiger charge is -2.23. The topological polar surface area (TPSA) is 89.2 Å². The highest BCUT2D eigenvalue weighted by atomic mass is 16.5. The number of aliphatic hydroxyl groups excluding tert-OH is 1. The summed E-state index contributed by atoms with van der Waals surface area (Å²) in [6, 6.07) is 14.5. The van der Waals surface area contributed by atoms with Crippen LogP contribution in [0.5, 0.6) is 11.5 Å². The van der Waals surface area contributed by atoms with Gasteiger partial charge in [0.15, 0.2) is 0 Å². The molecule has 2 heterocycles. The van der Waals surface area contributed by atoms with Gasteiger partial charge in [0.1, 0.15) is 29.1 Å². The number of carbonyl (C=O) groups is 2. The highest BCUT2D eigenvalue weighted by Gasteiger charge is 2.48. The molecule has 0 saturated carbocycles. The van der Waals surface area contributed by atoms with Crippen molar-refractivity contribution < 1.29 is 28.6 Å². The second kappa shape index (κ2) is 9.47. The first-order valence-electron chi connectivity index (χ1n) is 11.1. The first-order valence-corrected chi connectivity index (χ1v) is 11.1. The Hall–Kier alpha value is -4.00. The summed E-state index contributed by atoms with van der Waals surface area (Å²) >= 11 is 0. The number of carbonyl (C=O) groups excluding carboxylic acids is 2. The summed E-state index contributed by atoms with van der Waals surface area (Å²) in [6.07, 6.45) is 1.47. The van der Waals surface area contributed by atoms with E-state index in [2.05, 4.69) is 0 Å². The molecule has 0 spiro atoms. The molecule has 0 aliphatic carbocycles. The van der Waals surface area contributed by atoms with E-state index in [1.54, 1.807) is 61.7 Å². The Kier molecular flexibility index (Phi) is 6.45. The van der Waals surface area contributed by atoms with Gasteiger partial charge in [0.25, 0.3) is 11.7 Å². The predicted molar refractivity (Wildman–Crippen MR) is 128 cm³/mol. The van der Waals surface area contributed by atoms with E-state index < -0.39 is 17.7 Å². The lowest BCUT2D eigenvalue weighted by molar-refractivity contribution is -0.132. The van der Waals surface area contributed by atoms with Gasteiger partial charge in [-0.05, 0) is 73.0 Å². The summed E-state index contributed by atoms with van der Waals surface area (Å²) in [7, 11) is 1.58. The van der Waals surface area contributed by atoms with Crippen LogP contribution in [0.4, 0.5) is 5.69 Å². The maximum atomic E-state index is 13.2. The lowest BCUT2D eigenvalue weighted by atomic mass is 9.95. The summed E-state index contributed by atoms with van der Waals surface area (Å²) in [4.78, 5) is 27.7. The summed E-state index contributed by atoms with van der Waals surface area (Å²) in [6.45, 7) is 6.41. The Morgan fingerprint density at radius 1 is 1.12 bits per heavy atom. The maximum Gasteiger partial charge on any atom is 0.300 e. The van der Waals surface area contributed by atoms with Crippen molar-refractivity contribution in [3.63, 3.8) is 0 Å². The molecule has 2 aromatic carbocycles. The molecule has 34 heavy (non-hydrogen) atoms. The molecule has 1 amide bonds. The van der Waals surface area contributed by atoms with Crippen LogP contribution in [0, 0.1) is 0 Å². The van der Waals surface area contributed by atoms with Gasteiger partial charge in [-0.15, -0.1) is 0 Å². The monoisotopic (exact) mass is 461 g/mol. The number of nitrogens with zero attached hydrogens (tertiary/aromatic N) is 1. The Morgan fingerprint density at radius 2 is 1.85 bits per heavy atom. The molecular weight excluding hydrogens is 434 g/mol. The quantitative estimate of drug-likeness (QED) is 0.286. The molecule has 1 aliphatic rings. The van der Waals surface area contributed by atoms with Gasteiger partial charge < -0.3 is 19.0 Å². The molecule has 1 fully saturated rings. The molecule has 0 bridgehead atoms. The van der Waals surface area contributed by atoms with Crippen LogP contribution in [0.25, 0.3) is 5.76 Å². The maximum absolute atomic E-state index is 13.2. The van der Waals surface area contributed by atoms with Crippen molar-refractivity contribution in [1.29, 1.82) is 0 Å². The van der Waals surface area contributed by atoms with Crippen molar-refractivity contribution in [3.8, 4) is 11.5 Å². The van der Waals surface area contributed by atoms with Crippen LogP contribution < -0.4 is 14.4 Å². The van der Waals surface area contributed by atoms with E-state index in [-0.39, 0.29) is 17.3 Å². The molecule has 7 heteroatoms. The summed E-state index contributed by atoms with van der Waals surface area (Å²) in [5.41, 5.74) is 1.75. The zero-order valence-electron chi connectivity index (χ0n) is 19.6. The van der Waals surface area contributed by atoms with E-state index in [1.807, 2.05) is 20.8 Å². The van der Waals surface area contributed by atoms with E-state index in [9.17, 15) is 14.7 Å². The molecule has 1 aliphatic heterocycles. The van der Waals surface area contributed by atoms with Crippen molar-refractivity contribution in [2.75, 3.05) is 18.6 Å². The molecule has 1 unspecified atom stereocenters. The number of furan rings is 1. The average molecular weight is 462 g/mol. The van der Waals surface area contributed by atoms with Crippen LogP contribution in [0.2, 0.25) is 0 Å². The highest BCUT2D eigenvalue weighted by Crippen LogP contribution is 2.43. The Balaban J connectivity index is 1.86. The summed E-state index contributed by atoms with van der Waals surface area (Å²) in [5.74, 6) is 0.0278.